The van der Waals surface area contributed by atoms with Gasteiger partial charge in [-0.2, -0.15) is 0 Å². The average Bonchev–Trinajstić information content (AvgIpc) is 2.30. The van der Waals surface area contributed by atoms with Crippen LogP contribution in [0.15, 0.2) is 24.3 Å². The number of nitrogens with two attached hydrogens (primary N) is 1. The molecule has 4 N–H and O–H groups in total. The van der Waals surface area contributed by atoms with E-state index in [4.69, 9.17) is 15.6 Å². The lowest BCUT2D eigenvalue weighted by Gasteiger charge is -2.08. The van der Waals surface area contributed by atoms with Gasteiger partial charge in [-0.15, -0.1) is 0 Å². The third-order valence-corrected chi connectivity index (χ3v) is 2.19. The van der Waals surface area contributed by atoms with E-state index < -0.39 is 0 Å². The molecule has 0 fully saturated rings. The van der Waals surface area contributed by atoms with Crippen LogP contribution >= 0.6 is 0 Å². The van der Waals surface area contributed by atoms with Crippen molar-refractivity contribution in [3.63, 3.8) is 0 Å². The molecule has 0 amide bonds. The summed E-state index contributed by atoms with van der Waals surface area (Å²) in [5.74, 6) is 0. The number of ether oxygens (including phenoxy) is 1. The minimum atomic E-state index is 0.193. The van der Waals surface area contributed by atoms with Gasteiger partial charge >= 0.3 is 0 Å². The first-order chi connectivity index (χ1) is 7.84. The first kappa shape index (κ1) is 12.8. The van der Waals surface area contributed by atoms with Gasteiger partial charge in [0.1, 0.15) is 0 Å². The molecule has 0 heterocycles. The maximum Gasteiger partial charge on any atom is 0.0573 e. The maximum absolute atomic E-state index is 8.54. The predicted octanol–water partition coefficient (Wildman–Crippen LogP) is 1.47. The van der Waals surface area contributed by atoms with Crippen LogP contribution < -0.4 is 11.1 Å². The highest BCUT2D eigenvalue weighted by molar-refractivity contribution is 5.65. The smallest absolute Gasteiger partial charge is 0.0573 e. The molecule has 4 heteroatoms. The normalized spacial score (nSPS) is 10.3. The summed E-state index contributed by atoms with van der Waals surface area (Å²) in [7, 11) is 0. The van der Waals surface area contributed by atoms with Gasteiger partial charge in [-0.1, -0.05) is 12.1 Å². The van der Waals surface area contributed by atoms with Crippen LogP contribution in [0.3, 0.4) is 0 Å². The summed E-state index contributed by atoms with van der Waals surface area (Å²) in [4.78, 5) is 0. The van der Waals surface area contributed by atoms with Gasteiger partial charge in [-0.25, -0.2) is 0 Å². The number of anilines is 2. The molecule has 0 aliphatic rings. The summed E-state index contributed by atoms with van der Waals surface area (Å²) in [6.45, 7) is 2.37. The van der Waals surface area contributed by atoms with E-state index in [0.29, 0.717) is 19.6 Å². The molecular weight excluding hydrogens is 204 g/mol. The molecule has 1 rings (SSSR count). The fourth-order valence-corrected chi connectivity index (χ4v) is 1.32. The van der Waals surface area contributed by atoms with Crippen LogP contribution in [0.5, 0.6) is 0 Å². The number of benzene rings is 1. The van der Waals surface area contributed by atoms with Crippen molar-refractivity contribution in [2.45, 2.75) is 12.8 Å². The third-order valence-electron chi connectivity index (χ3n) is 2.19. The molecule has 0 aliphatic carbocycles. The lowest BCUT2D eigenvalue weighted by Crippen LogP contribution is -2.08. The van der Waals surface area contributed by atoms with Crippen molar-refractivity contribution >= 4 is 11.4 Å². The molecule has 0 spiro atoms. The summed E-state index contributed by atoms with van der Waals surface area (Å²) in [6, 6.07) is 7.71. The van der Waals surface area contributed by atoms with Crippen molar-refractivity contribution in [2.24, 2.45) is 0 Å². The fraction of sp³-hybridized carbons (Fsp3) is 0.500. The number of rotatable bonds is 8. The standard InChI is InChI=1S/C12H20N2O2/c13-11-5-1-2-6-12(11)14-7-3-9-16-10-4-8-15/h1-2,5-6,14-15H,3-4,7-10,13H2. The van der Waals surface area contributed by atoms with E-state index in [1.807, 2.05) is 24.3 Å². The van der Waals surface area contributed by atoms with Crippen LogP contribution in [-0.2, 0) is 4.74 Å². The molecular formula is C12H20N2O2. The highest BCUT2D eigenvalue weighted by atomic mass is 16.5. The Kier molecular flexibility index (Phi) is 6.37. The number of para-hydroxylation sites is 2. The van der Waals surface area contributed by atoms with E-state index in [1.165, 1.54) is 0 Å². The Bertz CT molecular complexity index is 292. The van der Waals surface area contributed by atoms with Gasteiger partial charge in [0, 0.05) is 26.4 Å². The van der Waals surface area contributed by atoms with Crippen molar-refractivity contribution in [3.05, 3.63) is 24.3 Å². The SMILES string of the molecule is Nc1ccccc1NCCCOCCCO. The summed E-state index contributed by atoms with van der Waals surface area (Å²) in [5, 5.41) is 11.8. The zero-order valence-electron chi connectivity index (χ0n) is 9.48. The molecule has 0 aliphatic heterocycles. The van der Waals surface area contributed by atoms with Crippen molar-refractivity contribution in [1.29, 1.82) is 0 Å². The van der Waals surface area contributed by atoms with Gasteiger partial charge in [-0.05, 0) is 25.0 Å². The Morgan fingerprint density at radius 3 is 2.69 bits per heavy atom. The molecule has 90 valence electrons. The van der Waals surface area contributed by atoms with Crippen LogP contribution in [0.25, 0.3) is 0 Å². The highest BCUT2D eigenvalue weighted by Gasteiger charge is 1.95. The number of hydrogen-bond acceptors (Lipinski definition) is 4. The summed E-state index contributed by atoms with van der Waals surface area (Å²) in [6.07, 6.45) is 1.64. The molecule has 1 aromatic rings. The number of aliphatic hydroxyl groups is 1. The number of aliphatic hydroxyl groups excluding tert-OH is 1. The van der Waals surface area contributed by atoms with Crippen LogP contribution in [0.4, 0.5) is 11.4 Å². The monoisotopic (exact) mass is 224 g/mol. The van der Waals surface area contributed by atoms with Gasteiger partial charge < -0.3 is 20.9 Å². The third kappa shape index (κ3) is 5.00. The molecule has 0 aromatic heterocycles. The first-order valence-corrected chi connectivity index (χ1v) is 5.61. The molecule has 0 bridgehead atoms. The van der Waals surface area contributed by atoms with Crippen LogP contribution in [0.2, 0.25) is 0 Å². The Balaban J connectivity index is 2.05. The van der Waals surface area contributed by atoms with Crippen molar-refractivity contribution in [1.82, 2.24) is 0 Å². The molecule has 1 aromatic carbocycles. The lowest BCUT2D eigenvalue weighted by atomic mass is 10.2. The van der Waals surface area contributed by atoms with Crippen molar-refractivity contribution in [2.75, 3.05) is 37.4 Å². The van der Waals surface area contributed by atoms with Gasteiger partial charge in [-0.3, -0.25) is 0 Å². The average molecular weight is 224 g/mol. The van der Waals surface area contributed by atoms with E-state index >= 15 is 0 Å². The first-order valence-electron chi connectivity index (χ1n) is 5.61. The van der Waals surface area contributed by atoms with E-state index in [-0.39, 0.29) is 6.61 Å². The molecule has 0 saturated heterocycles. The van der Waals surface area contributed by atoms with E-state index in [2.05, 4.69) is 5.32 Å². The second kappa shape index (κ2) is 7.96. The van der Waals surface area contributed by atoms with E-state index in [0.717, 1.165) is 24.3 Å². The van der Waals surface area contributed by atoms with Crippen molar-refractivity contribution in [3.8, 4) is 0 Å². The van der Waals surface area contributed by atoms with Crippen molar-refractivity contribution < 1.29 is 9.84 Å². The quantitative estimate of drug-likeness (QED) is 0.462. The Morgan fingerprint density at radius 2 is 1.94 bits per heavy atom. The summed E-state index contributed by atoms with van der Waals surface area (Å²) < 4.78 is 5.31. The molecule has 16 heavy (non-hydrogen) atoms. The fourth-order valence-electron chi connectivity index (χ4n) is 1.32. The Labute approximate surface area is 96.4 Å². The Morgan fingerprint density at radius 1 is 1.19 bits per heavy atom. The second-order valence-electron chi connectivity index (χ2n) is 3.56. The maximum atomic E-state index is 8.54. The molecule has 0 atom stereocenters. The summed E-state index contributed by atoms with van der Waals surface area (Å²) in [5.41, 5.74) is 7.52. The minimum absolute atomic E-state index is 0.193. The van der Waals surface area contributed by atoms with Gasteiger partial charge in [0.05, 0.1) is 11.4 Å². The predicted molar refractivity (Wildman–Crippen MR) is 66.5 cm³/mol. The second-order valence-corrected chi connectivity index (χ2v) is 3.56. The lowest BCUT2D eigenvalue weighted by molar-refractivity contribution is 0.116. The largest absolute Gasteiger partial charge is 0.397 e. The Hall–Kier alpha value is -1.26. The van der Waals surface area contributed by atoms with Crippen LogP contribution in [0.1, 0.15) is 12.8 Å². The molecule has 0 saturated carbocycles. The van der Waals surface area contributed by atoms with Crippen LogP contribution in [0, 0.1) is 0 Å². The van der Waals surface area contributed by atoms with Gasteiger partial charge in [0.25, 0.3) is 0 Å². The van der Waals surface area contributed by atoms with E-state index in [9.17, 15) is 0 Å². The van der Waals surface area contributed by atoms with Gasteiger partial charge in [0.15, 0.2) is 0 Å². The zero-order valence-corrected chi connectivity index (χ0v) is 9.48. The number of hydrogen-bond donors (Lipinski definition) is 3. The molecule has 0 radical (unpaired) electrons. The van der Waals surface area contributed by atoms with E-state index in [1.54, 1.807) is 0 Å². The molecule has 0 unspecified atom stereocenters. The van der Waals surface area contributed by atoms with Gasteiger partial charge in [0.2, 0.25) is 0 Å². The highest BCUT2D eigenvalue weighted by Crippen LogP contribution is 2.16. The minimum Gasteiger partial charge on any atom is -0.397 e. The molecule has 4 nitrogen and oxygen atoms in total. The number of nitrogen functional groups attached to an aromatic ring is 1. The number of nitrogens with one attached hydrogen (secondary N) is 1. The topological polar surface area (TPSA) is 67.5 Å². The van der Waals surface area contributed by atoms with Crippen LogP contribution in [-0.4, -0.2) is 31.5 Å². The zero-order chi connectivity index (χ0) is 11.6. The summed E-state index contributed by atoms with van der Waals surface area (Å²) >= 11 is 0.